The number of carbonyl (C=O) groups excluding carboxylic acids is 1. The van der Waals surface area contributed by atoms with Crippen LogP contribution in [0.1, 0.15) is 19.3 Å². The number of hydrogen-bond acceptors (Lipinski definition) is 5. The van der Waals surface area contributed by atoms with Crippen molar-refractivity contribution in [3.05, 3.63) is 24.3 Å². The van der Waals surface area contributed by atoms with E-state index >= 15 is 0 Å². The van der Waals surface area contributed by atoms with Gasteiger partial charge in [-0.05, 0) is 49.4 Å². The van der Waals surface area contributed by atoms with Crippen molar-refractivity contribution in [1.82, 2.24) is 9.62 Å². The quantitative estimate of drug-likeness (QED) is 0.786. The lowest BCUT2D eigenvalue weighted by Crippen LogP contribution is -2.43. The van der Waals surface area contributed by atoms with Crippen molar-refractivity contribution in [2.24, 2.45) is 11.8 Å². The first-order valence-corrected chi connectivity index (χ1v) is 11.3. The minimum absolute atomic E-state index is 0.0612. The molecule has 150 valence electrons. The third-order valence-electron chi connectivity index (χ3n) is 5.58. The van der Waals surface area contributed by atoms with Crippen molar-refractivity contribution in [2.45, 2.75) is 19.3 Å². The van der Waals surface area contributed by atoms with Crippen LogP contribution in [0.3, 0.4) is 0 Å². The van der Waals surface area contributed by atoms with Gasteiger partial charge in [-0.2, -0.15) is 0 Å². The maximum atomic E-state index is 12.4. The number of carbonyl (C=O) groups is 1. The topological polar surface area (TPSA) is 79.0 Å². The number of methoxy groups -OCH3 is 1. The van der Waals surface area contributed by atoms with Gasteiger partial charge in [0.2, 0.25) is 15.9 Å². The number of sulfonamides is 1. The van der Waals surface area contributed by atoms with Gasteiger partial charge in [0.1, 0.15) is 5.75 Å². The predicted molar refractivity (Wildman–Crippen MR) is 105 cm³/mol. The van der Waals surface area contributed by atoms with Crippen molar-refractivity contribution in [3.8, 4) is 5.75 Å². The molecular weight excluding hydrogens is 366 g/mol. The Hall–Kier alpha value is -1.80. The van der Waals surface area contributed by atoms with Crippen LogP contribution in [-0.2, 0) is 14.8 Å². The van der Waals surface area contributed by atoms with Crippen LogP contribution in [0.15, 0.2) is 24.3 Å². The van der Waals surface area contributed by atoms with E-state index in [0.29, 0.717) is 38.4 Å². The summed E-state index contributed by atoms with van der Waals surface area (Å²) in [6.07, 6.45) is 3.48. The van der Waals surface area contributed by atoms with Crippen LogP contribution in [-0.4, -0.2) is 64.7 Å². The number of hydrogen-bond donors (Lipinski definition) is 1. The molecule has 1 aromatic rings. The zero-order chi connectivity index (χ0) is 19.4. The highest BCUT2D eigenvalue weighted by Gasteiger charge is 2.30. The van der Waals surface area contributed by atoms with Crippen LogP contribution in [0.25, 0.3) is 0 Å². The third kappa shape index (κ3) is 5.13. The van der Waals surface area contributed by atoms with Gasteiger partial charge in [0.05, 0.1) is 13.4 Å². The number of rotatable bonds is 6. The third-order valence-corrected chi connectivity index (χ3v) is 6.89. The highest BCUT2D eigenvalue weighted by atomic mass is 32.2. The number of ether oxygens (including phenoxy) is 1. The van der Waals surface area contributed by atoms with Crippen LogP contribution in [0, 0.1) is 11.8 Å². The lowest BCUT2D eigenvalue weighted by atomic mass is 9.97. The Morgan fingerprint density at radius 2 is 1.81 bits per heavy atom. The molecule has 3 rings (SSSR count). The molecule has 1 amide bonds. The lowest BCUT2D eigenvalue weighted by Gasteiger charge is -2.29. The number of amides is 1. The zero-order valence-electron chi connectivity index (χ0n) is 16.1. The van der Waals surface area contributed by atoms with E-state index in [1.54, 1.807) is 7.11 Å². The van der Waals surface area contributed by atoms with Gasteiger partial charge < -0.3 is 15.0 Å². The standard InChI is InChI=1S/C19H29N3O4S/c1-26-18-5-3-17(4-6-18)21-10-7-15(14-21)13-20-19(23)16-8-11-22(12-9-16)27(2,24)25/h3-6,15-16H,7-14H2,1-2H3,(H,20,23). The van der Waals surface area contributed by atoms with Gasteiger partial charge in [0, 0.05) is 44.3 Å². The normalized spacial score (nSPS) is 22.0. The van der Waals surface area contributed by atoms with E-state index in [-0.39, 0.29) is 11.8 Å². The molecule has 2 saturated heterocycles. The fourth-order valence-electron chi connectivity index (χ4n) is 3.87. The molecule has 0 spiro atoms. The number of anilines is 1. The van der Waals surface area contributed by atoms with E-state index in [1.807, 2.05) is 12.1 Å². The number of nitrogens with zero attached hydrogens (tertiary/aromatic N) is 2. The van der Waals surface area contributed by atoms with E-state index in [2.05, 4.69) is 22.3 Å². The summed E-state index contributed by atoms with van der Waals surface area (Å²) < 4.78 is 29.8. The van der Waals surface area contributed by atoms with Crippen LogP contribution >= 0.6 is 0 Å². The Balaban J connectivity index is 1.42. The van der Waals surface area contributed by atoms with E-state index in [1.165, 1.54) is 16.2 Å². The van der Waals surface area contributed by atoms with E-state index in [4.69, 9.17) is 4.74 Å². The zero-order valence-corrected chi connectivity index (χ0v) is 16.9. The Labute approximate surface area is 161 Å². The van der Waals surface area contributed by atoms with Crippen LogP contribution in [0.5, 0.6) is 5.75 Å². The predicted octanol–water partition coefficient (Wildman–Crippen LogP) is 1.31. The first-order valence-electron chi connectivity index (χ1n) is 9.48. The molecule has 0 bridgehead atoms. The van der Waals surface area contributed by atoms with Crippen molar-refractivity contribution in [1.29, 1.82) is 0 Å². The molecule has 1 aromatic carbocycles. The molecule has 0 radical (unpaired) electrons. The average molecular weight is 396 g/mol. The molecule has 1 unspecified atom stereocenters. The largest absolute Gasteiger partial charge is 0.497 e. The maximum absolute atomic E-state index is 12.4. The van der Waals surface area contributed by atoms with Gasteiger partial charge in [-0.25, -0.2) is 12.7 Å². The van der Waals surface area contributed by atoms with Gasteiger partial charge in [-0.1, -0.05) is 0 Å². The number of nitrogens with one attached hydrogen (secondary N) is 1. The van der Waals surface area contributed by atoms with Gasteiger partial charge in [-0.15, -0.1) is 0 Å². The molecule has 2 aliphatic heterocycles. The fourth-order valence-corrected chi connectivity index (χ4v) is 4.74. The summed E-state index contributed by atoms with van der Waals surface area (Å²) in [5.74, 6) is 1.27. The molecule has 1 atom stereocenters. The summed E-state index contributed by atoms with van der Waals surface area (Å²) >= 11 is 0. The second kappa shape index (κ2) is 8.48. The first kappa shape index (κ1) is 19.9. The van der Waals surface area contributed by atoms with Crippen molar-refractivity contribution < 1.29 is 17.9 Å². The van der Waals surface area contributed by atoms with Crippen molar-refractivity contribution in [2.75, 3.05) is 51.0 Å². The molecule has 1 N–H and O–H groups in total. The summed E-state index contributed by atoms with van der Waals surface area (Å²) in [6.45, 7) is 3.47. The summed E-state index contributed by atoms with van der Waals surface area (Å²) in [6, 6.07) is 8.06. The fraction of sp³-hybridized carbons (Fsp3) is 0.632. The lowest BCUT2D eigenvalue weighted by molar-refractivity contribution is -0.126. The molecular formula is C19H29N3O4S. The summed E-state index contributed by atoms with van der Waals surface area (Å²) in [5, 5.41) is 3.08. The van der Waals surface area contributed by atoms with Gasteiger partial charge in [0.25, 0.3) is 0 Å². The van der Waals surface area contributed by atoms with Crippen molar-refractivity contribution >= 4 is 21.6 Å². The molecule has 27 heavy (non-hydrogen) atoms. The smallest absolute Gasteiger partial charge is 0.223 e. The highest BCUT2D eigenvalue weighted by molar-refractivity contribution is 7.88. The first-order chi connectivity index (χ1) is 12.9. The van der Waals surface area contributed by atoms with Crippen molar-refractivity contribution in [3.63, 3.8) is 0 Å². The molecule has 0 aliphatic carbocycles. The number of piperidine rings is 1. The van der Waals surface area contributed by atoms with Gasteiger partial charge in [0.15, 0.2) is 0 Å². The second-order valence-electron chi connectivity index (χ2n) is 7.48. The van der Waals surface area contributed by atoms with Crippen LogP contribution in [0.4, 0.5) is 5.69 Å². The summed E-state index contributed by atoms with van der Waals surface area (Å²) in [7, 11) is -1.49. The molecule has 2 fully saturated rings. The molecule has 0 aromatic heterocycles. The molecule has 2 aliphatic rings. The van der Waals surface area contributed by atoms with Gasteiger partial charge in [-0.3, -0.25) is 4.79 Å². The van der Waals surface area contributed by atoms with E-state index in [9.17, 15) is 13.2 Å². The summed E-state index contributed by atoms with van der Waals surface area (Å²) in [5.41, 5.74) is 1.18. The van der Waals surface area contributed by atoms with E-state index < -0.39 is 10.0 Å². The minimum atomic E-state index is -3.15. The number of benzene rings is 1. The Bertz CT molecular complexity index is 743. The second-order valence-corrected chi connectivity index (χ2v) is 9.46. The molecule has 7 nitrogen and oxygen atoms in total. The Morgan fingerprint density at radius 3 is 2.41 bits per heavy atom. The Morgan fingerprint density at radius 1 is 1.15 bits per heavy atom. The van der Waals surface area contributed by atoms with Crippen LogP contribution < -0.4 is 15.0 Å². The maximum Gasteiger partial charge on any atom is 0.223 e. The summed E-state index contributed by atoms with van der Waals surface area (Å²) in [4.78, 5) is 14.8. The van der Waals surface area contributed by atoms with Gasteiger partial charge >= 0.3 is 0 Å². The SMILES string of the molecule is COc1ccc(N2CCC(CNC(=O)C3CCN(S(C)(=O)=O)CC3)C2)cc1. The van der Waals surface area contributed by atoms with E-state index in [0.717, 1.165) is 25.3 Å². The highest BCUT2D eigenvalue weighted by Crippen LogP contribution is 2.26. The molecule has 2 heterocycles. The monoisotopic (exact) mass is 395 g/mol. The molecule has 8 heteroatoms. The average Bonchev–Trinajstić information content (AvgIpc) is 3.14. The van der Waals surface area contributed by atoms with Crippen LogP contribution in [0.2, 0.25) is 0 Å². The minimum Gasteiger partial charge on any atom is -0.497 e. The Kier molecular flexibility index (Phi) is 6.26. The molecule has 0 saturated carbocycles.